The summed E-state index contributed by atoms with van der Waals surface area (Å²) in [6, 6.07) is 12.3. The molecule has 0 saturated carbocycles. The number of hydrogen-bond donors (Lipinski definition) is 2. The summed E-state index contributed by atoms with van der Waals surface area (Å²) >= 11 is 0. The second-order valence-corrected chi connectivity index (χ2v) is 6.90. The molecule has 1 aliphatic heterocycles. The first-order valence-corrected chi connectivity index (χ1v) is 8.87. The first kappa shape index (κ1) is 19.0. The Bertz CT molecular complexity index is 1120. The van der Waals surface area contributed by atoms with Crippen LogP contribution in [-0.4, -0.2) is 17.1 Å². The molecule has 0 aromatic heterocycles. The van der Waals surface area contributed by atoms with Crippen molar-refractivity contribution in [3.05, 3.63) is 88.7 Å². The Kier molecular flexibility index (Phi) is 4.76. The SMILES string of the molecule is N[C@H]1Cc2cc(-c3cccc(C(=O)O)c3)ccc2O[C@@H]1c1cc(F)c(F)cc1F. The topological polar surface area (TPSA) is 72.6 Å². The first-order valence-electron chi connectivity index (χ1n) is 8.87. The van der Waals surface area contributed by atoms with E-state index >= 15 is 0 Å². The van der Waals surface area contributed by atoms with Crippen molar-refractivity contribution >= 4 is 5.97 Å². The number of hydrogen-bond acceptors (Lipinski definition) is 3. The van der Waals surface area contributed by atoms with Gasteiger partial charge >= 0.3 is 5.97 Å². The van der Waals surface area contributed by atoms with Crippen LogP contribution >= 0.6 is 0 Å². The van der Waals surface area contributed by atoms with Crippen LogP contribution in [0.15, 0.2) is 54.6 Å². The van der Waals surface area contributed by atoms with E-state index in [9.17, 15) is 18.0 Å². The average molecular weight is 399 g/mol. The molecule has 3 aromatic carbocycles. The van der Waals surface area contributed by atoms with Gasteiger partial charge in [-0.2, -0.15) is 0 Å². The first-order chi connectivity index (χ1) is 13.8. The highest BCUT2D eigenvalue weighted by molar-refractivity contribution is 5.89. The van der Waals surface area contributed by atoms with Gasteiger partial charge < -0.3 is 15.6 Å². The lowest BCUT2D eigenvalue weighted by molar-refractivity contribution is 0.0697. The standard InChI is InChI=1S/C22H16F3NO3/c23-16-10-18(25)17(24)9-15(16)21-19(26)8-14-7-12(4-5-20(14)29-21)11-2-1-3-13(6-11)22(27)28/h1-7,9-10,19,21H,8,26H2,(H,27,28)/t19-,21+/m0/s1. The van der Waals surface area contributed by atoms with Crippen molar-refractivity contribution in [2.75, 3.05) is 0 Å². The third-order valence-corrected chi connectivity index (χ3v) is 4.95. The van der Waals surface area contributed by atoms with E-state index in [0.717, 1.165) is 22.8 Å². The predicted molar refractivity (Wildman–Crippen MR) is 100 cm³/mol. The van der Waals surface area contributed by atoms with Gasteiger partial charge in [0.25, 0.3) is 0 Å². The van der Waals surface area contributed by atoms with Gasteiger partial charge in [0.2, 0.25) is 0 Å². The summed E-state index contributed by atoms with van der Waals surface area (Å²) in [5.41, 5.74) is 8.43. The highest BCUT2D eigenvalue weighted by atomic mass is 19.2. The third kappa shape index (κ3) is 3.56. The van der Waals surface area contributed by atoms with E-state index in [1.807, 2.05) is 6.07 Å². The Morgan fingerprint density at radius 2 is 1.69 bits per heavy atom. The largest absolute Gasteiger partial charge is 0.484 e. The maximum atomic E-state index is 14.2. The zero-order valence-electron chi connectivity index (χ0n) is 15.0. The van der Waals surface area contributed by atoms with Gasteiger partial charge in [0, 0.05) is 11.6 Å². The van der Waals surface area contributed by atoms with Gasteiger partial charge in [0.05, 0.1) is 11.6 Å². The Morgan fingerprint density at radius 1 is 0.966 bits per heavy atom. The zero-order chi connectivity index (χ0) is 20.7. The zero-order valence-corrected chi connectivity index (χ0v) is 15.0. The minimum Gasteiger partial charge on any atom is -0.484 e. The van der Waals surface area contributed by atoms with Crippen molar-refractivity contribution in [3.63, 3.8) is 0 Å². The molecular weight excluding hydrogens is 383 g/mol. The molecule has 2 atom stereocenters. The fraction of sp³-hybridized carbons (Fsp3) is 0.136. The van der Waals surface area contributed by atoms with Crippen molar-refractivity contribution in [1.29, 1.82) is 0 Å². The number of fused-ring (bicyclic) bond motifs is 1. The van der Waals surface area contributed by atoms with Gasteiger partial charge in [-0.1, -0.05) is 18.2 Å². The summed E-state index contributed by atoms with van der Waals surface area (Å²) in [5.74, 6) is -3.93. The number of carbonyl (C=O) groups is 1. The van der Waals surface area contributed by atoms with Crippen LogP contribution in [-0.2, 0) is 6.42 Å². The van der Waals surface area contributed by atoms with Crippen LogP contribution in [0.4, 0.5) is 13.2 Å². The number of halogens is 3. The van der Waals surface area contributed by atoms with E-state index in [4.69, 9.17) is 15.6 Å². The lowest BCUT2D eigenvalue weighted by Gasteiger charge is -2.32. The van der Waals surface area contributed by atoms with Gasteiger partial charge in [-0.25, -0.2) is 18.0 Å². The summed E-state index contributed by atoms with van der Waals surface area (Å²) in [6.07, 6.45) is -0.635. The number of benzene rings is 3. The lowest BCUT2D eigenvalue weighted by Crippen LogP contribution is -2.38. The van der Waals surface area contributed by atoms with Crippen LogP contribution in [0.25, 0.3) is 11.1 Å². The van der Waals surface area contributed by atoms with Crippen molar-refractivity contribution in [2.24, 2.45) is 5.73 Å². The van der Waals surface area contributed by atoms with Crippen LogP contribution in [0.5, 0.6) is 5.75 Å². The molecule has 4 nitrogen and oxygen atoms in total. The minimum atomic E-state index is -1.27. The maximum absolute atomic E-state index is 14.2. The van der Waals surface area contributed by atoms with Crippen LogP contribution < -0.4 is 10.5 Å². The molecule has 0 saturated heterocycles. The second-order valence-electron chi connectivity index (χ2n) is 6.90. The Morgan fingerprint density at radius 3 is 2.45 bits per heavy atom. The lowest BCUT2D eigenvalue weighted by atomic mass is 9.91. The van der Waals surface area contributed by atoms with Crippen LogP contribution in [0.1, 0.15) is 27.6 Å². The maximum Gasteiger partial charge on any atom is 0.335 e. The Balaban J connectivity index is 1.67. The molecule has 0 spiro atoms. The minimum absolute atomic E-state index is 0.139. The van der Waals surface area contributed by atoms with Gasteiger partial charge in [0.1, 0.15) is 17.7 Å². The second kappa shape index (κ2) is 7.25. The number of carboxylic acid groups (broad SMARTS) is 1. The summed E-state index contributed by atoms with van der Waals surface area (Å²) in [4.78, 5) is 11.2. The Hall–Kier alpha value is -3.32. The summed E-state index contributed by atoms with van der Waals surface area (Å²) < 4.78 is 46.8. The van der Waals surface area contributed by atoms with E-state index in [1.165, 1.54) is 6.07 Å². The summed E-state index contributed by atoms with van der Waals surface area (Å²) in [7, 11) is 0. The Labute approximate surface area is 164 Å². The molecule has 0 amide bonds. The fourth-order valence-electron chi connectivity index (χ4n) is 3.50. The van der Waals surface area contributed by atoms with E-state index in [1.54, 1.807) is 30.3 Å². The molecule has 0 unspecified atom stereocenters. The van der Waals surface area contributed by atoms with E-state index in [0.29, 0.717) is 18.2 Å². The molecule has 0 bridgehead atoms. The smallest absolute Gasteiger partial charge is 0.335 e. The normalized spacial score (nSPS) is 18.1. The molecule has 0 radical (unpaired) electrons. The van der Waals surface area contributed by atoms with E-state index in [2.05, 4.69) is 0 Å². The number of rotatable bonds is 3. The molecule has 1 aliphatic rings. The van der Waals surface area contributed by atoms with Gasteiger partial charge in [-0.05, 0) is 53.4 Å². The molecule has 0 aliphatic carbocycles. The summed E-state index contributed by atoms with van der Waals surface area (Å²) in [5, 5.41) is 9.16. The molecule has 148 valence electrons. The van der Waals surface area contributed by atoms with Gasteiger partial charge in [-0.15, -0.1) is 0 Å². The highest BCUT2D eigenvalue weighted by Crippen LogP contribution is 2.38. The van der Waals surface area contributed by atoms with Crippen LogP contribution in [0.2, 0.25) is 0 Å². The van der Waals surface area contributed by atoms with Crippen molar-refractivity contribution < 1.29 is 27.8 Å². The molecule has 0 fully saturated rings. The van der Waals surface area contributed by atoms with Crippen LogP contribution in [0.3, 0.4) is 0 Å². The average Bonchev–Trinajstić information content (AvgIpc) is 2.70. The van der Waals surface area contributed by atoms with Crippen molar-refractivity contribution in [1.82, 2.24) is 0 Å². The monoisotopic (exact) mass is 399 g/mol. The molecule has 29 heavy (non-hydrogen) atoms. The van der Waals surface area contributed by atoms with Crippen LogP contribution in [0, 0.1) is 17.5 Å². The number of nitrogens with two attached hydrogens (primary N) is 1. The van der Waals surface area contributed by atoms with Gasteiger partial charge in [-0.3, -0.25) is 0 Å². The van der Waals surface area contributed by atoms with Crippen molar-refractivity contribution in [3.8, 4) is 16.9 Å². The summed E-state index contributed by atoms with van der Waals surface area (Å²) in [6.45, 7) is 0. The molecule has 4 rings (SSSR count). The van der Waals surface area contributed by atoms with Gasteiger partial charge in [0.15, 0.2) is 11.6 Å². The molecular formula is C22H16F3NO3. The number of ether oxygens (including phenoxy) is 1. The molecule has 3 aromatic rings. The molecule has 1 heterocycles. The number of carboxylic acids is 1. The molecule has 7 heteroatoms. The highest BCUT2D eigenvalue weighted by Gasteiger charge is 2.32. The quantitative estimate of drug-likeness (QED) is 0.638. The van der Waals surface area contributed by atoms with Crippen molar-refractivity contribution in [2.45, 2.75) is 18.6 Å². The number of aromatic carboxylic acids is 1. The third-order valence-electron chi connectivity index (χ3n) is 4.95. The molecule has 3 N–H and O–H groups in total. The van der Waals surface area contributed by atoms with E-state index < -0.39 is 35.6 Å². The van der Waals surface area contributed by atoms with E-state index in [-0.39, 0.29) is 11.1 Å². The predicted octanol–water partition coefficient (Wildman–Crippen LogP) is 4.47. The fourth-order valence-corrected chi connectivity index (χ4v) is 3.50.